The SMILES string of the molecule is Cc1[nH]ccc1C(=O)N1C[C@H]2CNC[C@H]2C1. The van der Waals surface area contributed by atoms with Crippen LogP contribution in [-0.2, 0) is 0 Å². The Labute approximate surface area is 95.0 Å². The first kappa shape index (κ1) is 9.90. The molecule has 1 aromatic rings. The number of hydrogen-bond donors (Lipinski definition) is 2. The standard InChI is InChI=1S/C12H17N3O/c1-8-11(2-3-14-8)12(16)15-6-9-4-13-5-10(9)7-15/h2-3,9-10,13-14H,4-7H2,1H3/t9-,10+. The number of aryl methyl sites for hydroxylation is 1. The van der Waals surface area contributed by atoms with Crippen LogP contribution >= 0.6 is 0 Å². The van der Waals surface area contributed by atoms with E-state index in [9.17, 15) is 4.79 Å². The minimum absolute atomic E-state index is 0.188. The molecule has 4 heteroatoms. The number of nitrogens with zero attached hydrogens (tertiary/aromatic N) is 1. The fourth-order valence-corrected chi connectivity index (χ4v) is 2.88. The zero-order chi connectivity index (χ0) is 11.1. The van der Waals surface area contributed by atoms with Crippen LogP contribution < -0.4 is 5.32 Å². The molecule has 1 aromatic heterocycles. The minimum Gasteiger partial charge on any atom is -0.365 e. The second-order valence-corrected chi connectivity index (χ2v) is 4.90. The van der Waals surface area contributed by atoms with Gasteiger partial charge in [-0.1, -0.05) is 0 Å². The van der Waals surface area contributed by atoms with Crippen LogP contribution in [0.2, 0.25) is 0 Å². The van der Waals surface area contributed by atoms with Gasteiger partial charge in [0.25, 0.3) is 5.91 Å². The quantitative estimate of drug-likeness (QED) is 0.727. The zero-order valence-corrected chi connectivity index (χ0v) is 9.49. The number of carbonyl (C=O) groups is 1. The smallest absolute Gasteiger partial charge is 0.255 e. The van der Waals surface area contributed by atoms with Crippen molar-refractivity contribution in [2.45, 2.75) is 6.92 Å². The van der Waals surface area contributed by atoms with Gasteiger partial charge in [-0.2, -0.15) is 0 Å². The monoisotopic (exact) mass is 219 g/mol. The molecule has 0 unspecified atom stereocenters. The number of rotatable bonds is 1. The Balaban J connectivity index is 1.75. The van der Waals surface area contributed by atoms with Gasteiger partial charge < -0.3 is 15.2 Å². The molecule has 0 radical (unpaired) electrons. The van der Waals surface area contributed by atoms with Crippen LogP contribution in [0.15, 0.2) is 12.3 Å². The van der Waals surface area contributed by atoms with Crippen molar-refractivity contribution >= 4 is 5.91 Å². The lowest BCUT2D eigenvalue weighted by atomic mass is 10.0. The molecule has 0 aliphatic carbocycles. The first-order chi connectivity index (χ1) is 7.75. The molecule has 2 atom stereocenters. The zero-order valence-electron chi connectivity index (χ0n) is 9.49. The van der Waals surface area contributed by atoms with E-state index in [0.717, 1.165) is 37.4 Å². The van der Waals surface area contributed by atoms with Crippen molar-refractivity contribution in [2.24, 2.45) is 11.8 Å². The van der Waals surface area contributed by atoms with Gasteiger partial charge in [-0.05, 0) is 24.8 Å². The van der Waals surface area contributed by atoms with Gasteiger partial charge in [0, 0.05) is 38.1 Å². The molecule has 2 saturated heterocycles. The highest BCUT2D eigenvalue weighted by Gasteiger charge is 2.38. The van der Waals surface area contributed by atoms with E-state index >= 15 is 0 Å². The van der Waals surface area contributed by atoms with E-state index in [2.05, 4.69) is 10.3 Å². The van der Waals surface area contributed by atoms with Crippen LogP contribution in [0.25, 0.3) is 0 Å². The Morgan fingerprint density at radius 1 is 1.38 bits per heavy atom. The topological polar surface area (TPSA) is 48.1 Å². The minimum atomic E-state index is 0.188. The lowest BCUT2D eigenvalue weighted by Crippen LogP contribution is -2.32. The number of nitrogens with one attached hydrogen (secondary N) is 2. The van der Waals surface area contributed by atoms with E-state index in [1.54, 1.807) is 0 Å². The highest BCUT2D eigenvalue weighted by Crippen LogP contribution is 2.27. The van der Waals surface area contributed by atoms with Crippen molar-refractivity contribution in [3.8, 4) is 0 Å². The van der Waals surface area contributed by atoms with Gasteiger partial charge in [0.05, 0.1) is 5.56 Å². The summed E-state index contributed by atoms with van der Waals surface area (Å²) in [5.41, 5.74) is 1.80. The Hall–Kier alpha value is -1.29. The van der Waals surface area contributed by atoms with Crippen LogP contribution in [0.3, 0.4) is 0 Å². The van der Waals surface area contributed by atoms with Crippen molar-refractivity contribution in [3.63, 3.8) is 0 Å². The fraction of sp³-hybridized carbons (Fsp3) is 0.583. The summed E-state index contributed by atoms with van der Waals surface area (Å²) >= 11 is 0. The molecule has 0 aromatic carbocycles. The highest BCUT2D eigenvalue weighted by molar-refractivity contribution is 5.95. The third-order valence-electron chi connectivity index (χ3n) is 3.86. The largest absolute Gasteiger partial charge is 0.365 e. The van der Waals surface area contributed by atoms with Gasteiger partial charge in [-0.25, -0.2) is 0 Å². The predicted octanol–water partition coefficient (Wildman–Crippen LogP) is 0.615. The second-order valence-electron chi connectivity index (χ2n) is 4.90. The summed E-state index contributed by atoms with van der Waals surface area (Å²) in [4.78, 5) is 17.3. The van der Waals surface area contributed by atoms with Crippen molar-refractivity contribution < 1.29 is 4.79 Å². The van der Waals surface area contributed by atoms with E-state index in [0.29, 0.717) is 11.8 Å². The lowest BCUT2D eigenvalue weighted by molar-refractivity contribution is 0.0781. The summed E-state index contributed by atoms with van der Waals surface area (Å²) in [5.74, 6) is 1.53. The normalized spacial score (nSPS) is 28.4. The van der Waals surface area contributed by atoms with Gasteiger partial charge in [-0.3, -0.25) is 4.79 Å². The van der Waals surface area contributed by atoms with Crippen molar-refractivity contribution in [3.05, 3.63) is 23.5 Å². The number of carbonyl (C=O) groups excluding carboxylic acids is 1. The van der Waals surface area contributed by atoms with Crippen LogP contribution in [0.5, 0.6) is 0 Å². The van der Waals surface area contributed by atoms with Crippen LogP contribution in [0.4, 0.5) is 0 Å². The van der Waals surface area contributed by atoms with Crippen molar-refractivity contribution in [2.75, 3.05) is 26.2 Å². The number of aromatic nitrogens is 1. The van der Waals surface area contributed by atoms with Crippen LogP contribution in [0, 0.1) is 18.8 Å². The molecule has 2 aliphatic rings. The molecule has 16 heavy (non-hydrogen) atoms. The maximum Gasteiger partial charge on any atom is 0.255 e. The first-order valence-corrected chi connectivity index (χ1v) is 5.89. The molecule has 2 aliphatic heterocycles. The summed E-state index contributed by atoms with van der Waals surface area (Å²) in [6.45, 7) is 5.93. The fourth-order valence-electron chi connectivity index (χ4n) is 2.88. The molecule has 3 heterocycles. The van der Waals surface area contributed by atoms with Crippen LogP contribution in [0.1, 0.15) is 16.1 Å². The molecule has 1 amide bonds. The van der Waals surface area contributed by atoms with Gasteiger partial charge in [-0.15, -0.1) is 0 Å². The van der Waals surface area contributed by atoms with E-state index in [-0.39, 0.29) is 5.91 Å². The van der Waals surface area contributed by atoms with E-state index < -0.39 is 0 Å². The van der Waals surface area contributed by atoms with Gasteiger partial charge in [0.2, 0.25) is 0 Å². The Bertz CT molecular complexity index is 400. The number of amides is 1. The summed E-state index contributed by atoms with van der Waals surface area (Å²) < 4.78 is 0. The Kier molecular flexibility index (Phi) is 2.24. The summed E-state index contributed by atoms with van der Waals surface area (Å²) in [5, 5.41) is 3.39. The average molecular weight is 219 g/mol. The molecule has 0 bridgehead atoms. The number of likely N-dealkylation sites (tertiary alicyclic amines) is 1. The second kappa shape index (κ2) is 3.63. The van der Waals surface area contributed by atoms with Gasteiger partial charge in [0.1, 0.15) is 0 Å². The highest BCUT2D eigenvalue weighted by atomic mass is 16.2. The molecule has 3 rings (SSSR count). The first-order valence-electron chi connectivity index (χ1n) is 5.89. The molecule has 2 fully saturated rings. The van der Waals surface area contributed by atoms with Crippen LogP contribution in [-0.4, -0.2) is 42.0 Å². The Morgan fingerprint density at radius 2 is 2.06 bits per heavy atom. The molecular formula is C12H17N3O. The molecular weight excluding hydrogens is 202 g/mol. The van der Waals surface area contributed by atoms with Gasteiger partial charge >= 0.3 is 0 Å². The number of H-pyrrole nitrogens is 1. The van der Waals surface area contributed by atoms with Crippen molar-refractivity contribution in [1.29, 1.82) is 0 Å². The average Bonchev–Trinajstić information content (AvgIpc) is 2.89. The van der Waals surface area contributed by atoms with Gasteiger partial charge in [0.15, 0.2) is 0 Å². The molecule has 2 N–H and O–H groups in total. The third kappa shape index (κ3) is 1.45. The molecule has 4 nitrogen and oxygen atoms in total. The predicted molar refractivity (Wildman–Crippen MR) is 61.3 cm³/mol. The summed E-state index contributed by atoms with van der Waals surface area (Å²) in [7, 11) is 0. The molecule has 0 saturated carbocycles. The molecule has 86 valence electrons. The van der Waals surface area contributed by atoms with E-state index in [4.69, 9.17) is 0 Å². The Morgan fingerprint density at radius 3 is 2.62 bits per heavy atom. The molecule has 0 spiro atoms. The maximum absolute atomic E-state index is 12.2. The third-order valence-corrected chi connectivity index (χ3v) is 3.86. The summed E-state index contributed by atoms with van der Waals surface area (Å²) in [6, 6.07) is 1.88. The lowest BCUT2D eigenvalue weighted by Gasteiger charge is -2.17. The van der Waals surface area contributed by atoms with E-state index in [1.165, 1.54) is 0 Å². The van der Waals surface area contributed by atoms with Crippen molar-refractivity contribution in [1.82, 2.24) is 15.2 Å². The maximum atomic E-state index is 12.2. The summed E-state index contributed by atoms with van der Waals surface area (Å²) in [6.07, 6.45) is 1.83. The number of aromatic amines is 1. The number of fused-ring (bicyclic) bond motifs is 1. The van der Waals surface area contributed by atoms with E-state index in [1.807, 2.05) is 24.1 Å². The number of hydrogen-bond acceptors (Lipinski definition) is 2.